The zero-order valence-corrected chi connectivity index (χ0v) is 10.3. The van der Waals surface area contributed by atoms with Crippen molar-refractivity contribution in [2.24, 2.45) is 5.73 Å². The highest BCUT2D eigenvalue weighted by Gasteiger charge is 2.15. The van der Waals surface area contributed by atoms with E-state index in [1.807, 2.05) is 11.9 Å². The fraction of sp³-hybridized carbons (Fsp3) is 0.500. The molecule has 5 nitrogen and oxygen atoms in total. The second-order valence-electron chi connectivity index (χ2n) is 3.66. The van der Waals surface area contributed by atoms with E-state index in [-0.39, 0.29) is 5.97 Å². The summed E-state index contributed by atoms with van der Waals surface area (Å²) in [6, 6.07) is 3.45. The number of pyridine rings is 1. The minimum absolute atomic E-state index is 0.338. The standard InChI is InChI=1S/C12H19N3O2/c1-3-17-12(16)10-6-4-8-14-11(10)15(2)9-5-7-13/h4,6,8H,3,5,7,9,13H2,1-2H3. The monoisotopic (exact) mass is 237 g/mol. The van der Waals surface area contributed by atoms with Gasteiger partial charge in [0.15, 0.2) is 0 Å². The Morgan fingerprint density at radius 2 is 2.35 bits per heavy atom. The molecule has 0 aliphatic heterocycles. The topological polar surface area (TPSA) is 68.5 Å². The third kappa shape index (κ3) is 3.71. The maximum atomic E-state index is 11.7. The van der Waals surface area contributed by atoms with E-state index in [9.17, 15) is 4.79 Å². The third-order valence-electron chi connectivity index (χ3n) is 2.34. The SMILES string of the molecule is CCOC(=O)c1cccnc1N(C)CCCN. The van der Waals surface area contributed by atoms with Gasteiger partial charge in [0.2, 0.25) is 0 Å². The lowest BCUT2D eigenvalue weighted by Crippen LogP contribution is -2.24. The van der Waals surface area contributed by atoms with Crippen LogP contribution in [0.4, 0.5) is 5.82 Å². The average Bonchev–Trinajstić information content (AvgIpc) is 2.36. The molecule has 0 saturated heterocycles. The molecule has 1 rings (SSSR count). The predicted molar refractivity (Wildman–Crippen MR) is 67.1 cm³/mol. The summed E-state index contributed by atoms with van der Waals surface area (Å²) in [4.78, 5) is 17.9. The number of hydrogen-bond acceptors (Lipinski definition) is 5. The zero-order valence-electron chi connectivity index (χ0n) is 10.3. The van der Waals surface area contributed by atoms with Gasteiger partial charge in [0.05, 0.1) is 6.61 Å². The fourth-order valence-corrected chi connectivity index (χ4v) is 1.50. The van der Waals surface area contributed by atoms with Gasteiger partial charge in [-0.3, -0.25) is 0 Å². The molecule has 0 amide bonds. The summed E-state index contributed by atoms with van der Waals surface area (Å²) in [5, 5.41) is 0. The van der Waals surface area contributed by atoms with Gasteiger partial charge in [-0.05, 0) is 32.0 Å². The molecule has 94 valence electrons. The lowest BCUT2D eigenvalue weighted by atomic mass is 10.2. The Labute approximate surface area is 102 Å². The van der Waals surface area contributed by atoms with Gasteiger partial charge in [0.25, 0.3) is 0 Å². The highest BCUT2D eigenvalue weighted by atomic mass is 16.5. The van der Waals surface area contributed by atoms with Crippen molar-refractivity contribution in [1.29, 1.82) is 0 Å². The maximum Gasteiger partial charge on any atom is 0.341 e. The Balaban J connectivity index is 2.87. The second-order valence-corrected chi connectivity index (χ2v) is 3.66. The van der Waals surface area contributed by atoms with Crippen LogP contribution in [0.2, 0.25) is 0 Å². The van der Waals surface area contributed by atoms with E-state index >= 15 is 0 Å². The van der Waals surface area contributed by atoms with Crippen molar-refractivity contribution in [3.8, 4) is 0 Å². The number of carbonyl (C=O) groups excluding carboxylic acids is 1. The summed E-state index contributed by atoms with van der Waals surface area (Å²) < 4.78 is 4.99. The molecule has 0 aliphatic carbocycles. The highest BCUT2D eigenvalue weighted by Crippen LogP contribution is 2.16. The van der Waals surface area contributed by atoms with E-state index in [2.05, 4.69) is 4.98 Å². The minimum Gasteiger partial charge on any atom is -0.462 e. The van der Waals surface area contributed by atoms with Gasteiger partial charge < -0.3 is 15.4 Å². The highest BCUT2D eigenvalue weighted by molar-refractivity contribution is 5.94. The quantitative estimate of drug-likeness (QED) is 0.749. The molecule has 17 heavy (non-hydrogen) atoms. The lowest BCUT2D eigenvalue weighted by Gasteiger charge is -2.19. The van der Waals surface area contributed by atoms with Crippen molar-refractivity contribution in [3.05, 3.63) is 23.9 Å². The van der Waals surface area contributed by atoms with Crippen molar-refractivity contribution in [1.82, 2.24) is 4.98 Å². The van der Waals surface area contributed by atoms with Crippen molar-refractivity contribution in [3.63, 3.8) is 0 Å². The van der Waals surface area contributed by atoms with E-state index < -0.39 is 0 Å². The molecule has 5 heteroatoms. The second kappa shape index (κ2) is 6.85. The smallest absolute Gasteiger partial charge is 0.341 e. The van der Waals surface area contributed by atoms with Gasteiger partial charge in [-0.25, -0.2) is 9.78 Å². The van der Waals surface area contributed by atoms with E-state index in [4.69, 9.17) is 10.5 Å². The third-order valence-corrected chi connectivity index (χ3v) is 2.34. The van der Waals surface area contributed by atoms with Gasteiger partial charge in [-0.1, -0.05) is 0 Å². The van der Waals surface area contributed by atoms with Crippen molar-refractivity contribution < 1.29 is 9.53 Å². The molecule has 0 bridgehead atoms. The van der Waals surface area contributed by atoms with E-state index in [0.29, 0.717) is 24.5 Å². The minimum atomic E-state index is -0.338. The van der Waals surface area contributed by atoms with E-state index in [0.717, 1.165) is 13.0 Å². The molecule has 1 aromatic rings. The van der Waals surface area contributed by atoms with E-state index in [1.165, 1.54) is 0 Å². The Hall–Kier alpha value is -1.62. The Bertz CT molecular complexity index is 369. The first-order chi connectivity index (χ1) is 8.20. The Morgan fingerprint density at radius 1 is 1.59 bits per heavy atom. The van der Waals surface area contributed by atoms with Gasteiger partial charge in [0, 0.05) is 19.8 Å². The number of carbonyl (C=O) groups is 1. The molecule has 0 spiro atoms. The summed E-state index contributed by atoms with van der Waals surface area (Å²) in [5.41, 5.74) is 5.96. The summed E-state index contributed by atoms with van der Waals surface area (Å²) >= 11 is 0. The van der Waals surface area contributed by atoms with Crippen molar-refractivity contribution >= 4 is 11.8 Å². The molecule has 0 saturated carbocycles. The summed E-state index contributed by atoms with van der Waals surface area (Å²) in [7, 11) is 1.89. The van der Waals surface area contributed by atoms with E-state index in [1.54, 1.807) is 25.3 Å². The number of nitrogens with zero attached hydrogens (tertiary/aromatic N) is 2. The predicted octanol–water partition coefficient (Wildman–Crippen LogP) is 1.04. The van der Waals surface area contributed by atoms with Crippen LogP contribution < -0.4 is 10.6 Å². The van der Waals surface area contributed by atoms with Crippen LogP contribution >= 0.6 is 0 Å². The van der Waals surface area contributed by atoms with Gasteiger partial charge in [0.1, 0.15) is 11.4 Å². The molecule has 1 heterocycles. The van der Waals surface area contributed by atoms with Crippen molar-refractivity contribution in [2.45, 2.75) is 13.3 Å². The number of ether oxygens (including phenoxy) is 1. The lowest BCUT2D eigenvalue weighted by molar-refractivity contribution is 0.0526. The number of nitrogens with two attached hydrogens (primary N) is 1. The number of esters is 1. The number of aromatic nitrogens is 1. The van der Waals surface area contributed by atoms with Gasteiger partial charge in [-0.2, -0.15) is 0 Å². The number of rotatable bonds is 6. The van der Waals surface area contributed by atoms with Crippen LogP contribution in [0.3, 0.4) is 0 Å². The zero-order chi connectivity index (χ0) is 12.7. The van der Waals surface area contributed by atoms with Crippen LogP contribution in [-0.2, 0) is 4.74 Å². The molecular weight excluding hydrogens is 218 g/mol. The summed E-state index contributed by atoms with van der Waals surface area (Å²) in [6.07, 6.45) is 2.52. The van der Waals surface area contributed by atoms with Crippen LogP contribution in [0, 0.1) is 0 Å². The molecule has 0 aliphatic rings. The number of anilines is 1. The summed E-state index contributed by atoms with van der Waals surface area (Å²) in [6.45, 7) is 3.53. The molecule has 0 aromatic carbocycles. The molecule has 2 N–H and O–H groups in total. The van der Waals surface area contributed by atoms with Gasteiger partial charge in [-0.15, -0.1) is 0 Å². The molecule has 0 unspecified atom stereocenters. The molecule has 1 aromatic heterocycles. The first kappa shape index (κ1) is 13.4. The maximum absolute atomic E-state index is 11.7. The normalized spacial score (nSPS) is 10.1. The van der Waals surface area contributed by atoms with Crippen molar-refractivity contribution in [2.75, 3.05) is 31.6 Å². The molecule has 0 fully saturated rings. The molecule has 0 radical (unpaired) electrons. The average molecular weight is 237 g/mol. The molecule has 0 atom stereocenters. The first-order valence-corrected chi connectivity index (χ1v) is 5.74. The summed E-state index contributed by atoms with van der Waals surface area (Å²) in [5.74, 6) is 0.301. The largest absolute Gasteiger partial charge is 0.462 e. The Kier molecular flexibility index (Phi) is 5.42. The van der Waals surface area contributed by atoms with Gasteiger partial charge >= 0.3 is 5.97 Å². The Morgan fingerprint density at radius 3 is 3.00 bits per heavy atom. The van der Waals surface area contributed by atoms with Crippen LogP contribution in [0.15, 0.2) is 18.3 Å². The van der Waals surface area contributed by atoms with Crippen LogP contribution in [0.25, 0.3) is 0 Å². The fourth-order valence-electron chi connectivity index (χ4n) is 1.50. The van der Waals surface area contributed by atoms with Crippen LogP contribution in [0.1, 0.15) is 23.7 Å². The molecular formula is C12H19N3O2. The number of hydrogen-bond donors (Lipinski definition) is 1. The van der Waals surface area contributed by atoms with Crippen LogP contribution in [0.5, 0.6) is 0 Å². The first-order valence-electron chi connectivity index (χ1n) is 5.74. The van der Waals surface area contributed by atoms with Crippen LogP contribution in [-0.4, -0.2) is 37.7 Å².